The molecule has 7 nitrogen and oxygen atoms in total. The first kappa shape index (κ1) is 26.1. The van der Waals surface area contributed by atoms with Crippen molar-refractivity contribution in [1.82, 2.24) is 0 Å². The van der Waals surface area contributed by atoms with Crippen LogP contribution in [0.15, 0.2) is 55.1 Å². The maximum Gasteiger partial charge on any atom is 0.264 e. The number of benzene rings is 2. The van der Waals surface area contributed by atoms with Crippen LogP contribution in [0, 0.1) is 5.92 Å². The van der Waals surface area contributed by atoms with Crippen LogP contribution < -0.4 is 15.0 Å². The van der Waals surface area contributed by atoms with E-state index in [0.29, 0.717) is 28.3 Å². The highest BCUT2D eigenvalue weighted by atomic mass is 28.4. The van der Waals surface area contributed by atoms with Crippen molar-refractivity contribution >= 4 is 31.6 Å². The molecule has 2 aromatic rings. The van der Waals surface area contributed by atoms with Gasteiger partial charge in [0, 0.05) is 41.4 Å². The fourth-order valence-electron chi connectivity index (χ4n) is 5.78. The van der Waals surface area contributed by atoms with E-state index in [4.69, 9.17) is 9.47 Å². The van der Waals surface area contributed by atoms with Gasteiger partial charge in [0.15, 0.2) is 5.60 Å². The Morgan fingerprint density at radius 2 is 2.00 bits per heavy atom. The van der Waals surface area contributed by atoms with Crippen LogP contribution in [0.25, 0.3) is 0 Å². The largest absolute Gasteiger partial charge is 0.497 e. The number of anilines is 2. The summed E-state index contributed by atoms with van der Waals surface area (Å²) in [5, 5.41) is 12.6. The van der Waals surface area contributed by atoms with E-state index in [1.807, 2.05) is 6.92 Å². The normalized spacial score (nSPS) is 25.2. The quantitative estimate of drug-likeness (QED) is 0.306. The van der Waals surface area contributed by atoms with E-state index in [1.165, 1.54) is 0 Å². The molecule has 2 amide bonds. The smallest absolute Gasteiger partial charge is 0.264 e. The highest BCUT2D eigenvalue weighted by Gasteiger charge is 2.66. The van der Waals surface area contributed by atoms with E-state index in [0.717, 1.165) is 0 Å². The van der Waals surface area contributed by atoms with Gasteiger partial charge in [-0.05, 0) is 62.0 Å². The summed E-state index contributed by atoms with van der Waals surface area (Å²) in [4.78, 5) is 28.4. The van der Waals surface area contributed by atoms with E-state index in [9.17, 15) is 14.7 Å². The van der Waals surface area contributed by atoms with Crippen LogP contribution in [0.1, 0.15) is 29.3 Å². The summed E-state index contributed by atoms with van der Waals surface area (Å²) in [5.74, 6) is -0.403. The Labute approximate surface area is 212 Å². The molecular weight excluding hydrogens is 479 g/mol. The van der Waals surface area contributed by atoms with Gasteiger partial charge in [0.05, 0.1) is 18.9 Å². The molecule has 4 rings (SSSR count). The van der Waals surface area contributed by atoms with Crippen molar-refractivity contribution in [2.75, 3.05) is 30.5 Å². The molecule has 0 saturated carbocycles. The van der Waals surface area contributed by atoms with Gasteiger partial charge in [-0.25, -0.2) is 0 Å². The minimum Gasteiger partial charge on any atom is -0.497 e. The number of rotatable bonds is 8. The third kappa shape index (κ3) is 4.25. The van der Waals surface area contributed by atoms with Gasteiger partial charge in [-0.15, -0.1) is 6.58 Å². The van der Waals surface area contributed by atoms with Gasteiger partial charge in [-0.1, -0.05) is 13.0 Å². The molecule has 2 aliphatic heterocycles. The van der Waals surface area contributed by atoms with E-state index in [1.54, 1.807) is 73.6 Å². The number of amides is 2. The van der Waals surface area contributed by atoms with Crippen molar-refractivity contribution < 1.29 is 28.3 Å². The molecule has 1 fully saturated rings. The summed E-state index contributed by atoms with van der Waals surface area (Å²) in [6.07, 6.45) is 1.29. The van der Waals surface area contributed by atoms with Crippen LogP contribution >= 0.6 is 0 Å². The van der Waals surface area contributed by atoms with Crippen molar-refractivity contribution in [1.29, 1.82) is 0 Å². The molecule has 2 N–H and O–H groups in total. The summed E-state index contributed by atoms with van der Waals surface area (Å²) in [7, 11) is -1.72. The predicted octanol–water partition coefficient (Wildman–Crippen LogP) is 4.64. The maximum absolute atomic E-state index is 15.6. The minimum absolute atomic E-state index is 0.163. The van der Waals surface area contributed by atoms with Gasteiger partial charge in [0.25, 0.3) is 11.8 Å². The number of methoxy groups -OCH3 is 1. The SMILES string of the molecule is C=CCN1C(=O)[C@@]2(O[C@@H](CCO)[C@H]([Si](C)(C)F)[C@H]2C)c2cc(NC(=O)c3ccc(OC)cc3)ccc21. The Balaban J connectivity index is 1.76. The molecule has 2 aliphatic rings. The maximum atomic E-state index is 15.6. The van der Waals surface area contributed by atoms with Gasteiger partial charge in [-0.2, -0.15) is 0 Å². The highest BCUT2D eigenvalue weighted by molar-refractivity contribution is 6.72. The lowest BCUT2D eigenvalue weighted by atomic mass is 9.82. The van der Waals surface area contributed by atoms with Crippen LogP contribution in [-0.4, -0.2) is 51.7 Å². The first-order chi connectivity index (χ1) is 17.1. The fraction of sp³-hybridized carbons (Fsp3) is 0.407. The lowest BCUT2D eigenvalue weighted by molar-refractivity contribution is -0.146. The number of carbonyl (C=O) groups is 2. The summed E-state index contributed by atoms with van der Waals surface area (Å²) in [6, 6.07) is 12.0. The lowest BCUT2D eigenvalue weighted by Gasteiger charge is -2.31. The molecule has 0 unspecified atom stereocenters. The average Bonchev–Trinajstić information content (AvgIpc) is 3.26. The minimum atomic E-state index is -3.27. The number of hydrogen-bond donors (Lipinski definition) is 2. The summed E-state index contributed by atoms with van der Waals surface area (Å²) in [6.45, 7) is 8.99. The summed E-state index contributed by atoms with van der Waals surface area (Å²) >= 11 is 0. The Morgan fingerprint density at radius 1 is 1.31 bits per heavy atom. The van der Waals surface area contributed by atoms with Crippen molar-refractivity contribution in [2.45, 2.75) is 43.7 Å². The van der Waals surface area contributed by atoms with Crippen LogP contribution in [0.2, 0.25) is 18.6 Å². The topological polar surface area (TPSA) is 88.1 Å². The fourth-order valence-corrected chi connectivity index (χ4v) is 8.32. The molecular formula is C27H33FN2O5Si. The monoisotopic (exact) mass is 512 g/mol. The number of carbonyl (C=O) groups excluding carboxylic acids is 2. The van der Waals surface area contributed by atoms with Gasteiger partial charge in [0.2, 0.25) is 8.41 Å². The molecule has 2 aromatic carbocycles. The second kappa shape index (κ2) is 9.80. The zero-order valence-electron chi connectivity index (χ0n) is 21.1. The molecule has 1 saturated heterocycles. The number of hydrogen-bond acceptors (Lipinski definition) is 5. The zero-order valence-corrected chi connectivity index (χ0v) is 22.1. The second-order valence-corrected chi connectivity index (χ2v) is 13.7. The zero-order chi connectivity index (χ0) is 26.3. The van der Waals surface area contributed by atoms with Gasteiger partial charge >= 0.3 is 0 Å². The molecule has 9 heteroatoms. The first-order valence-electron chi connectivity index (χ1n) is 12.1. The Bertz CT molecular complexity index is 1170. The van der Waals surface area contributed by atoms with Gasteiger partial charge in [-0.3, -0.25) is 9.59 Å². The molecule has 36 heavy (non-hydrogen) atoms. The van der Waals surface area contributed by atoms with Crippen LogP contribution in [0.3, 0.4) is 0 Å². The number of aliphatic hydroxyl groups is 1. The number of halogens is 1. The number of ether oxygens (including phenoxy) is 2. The highest BCUT2D eigenvalue weighted by Crippen LogP contribution is 2.60. The van der Waals surface area contributed by atoms with Crippen molar-refractivity contribution in [3.8, 4) is 5.75 Å². The molecule has 2 heterocycles. The summed E-state index contributed by atoms with van der Waals surface area (Å²) in [5.41, 5.74) is 0.308. The van der Waals surface area contributed by atoms with Gasteiger partial charge in [0.1, 0.15) is 5.75 Å². The third-order valence-corrected chi connectivity index (χ3v) is 9.75. The van der Waals surface area contributed by atoms with Crippen LogP contribution in [0.4, 0.5) is 15.5 Å². The molecule has 192 valence electrons. The number of nitrogens with one attached hydrogen (secondary N) is 1. The van der Waals surface area contributed by atoms with Gasteiger partial charge < -0.3 is 28.9 Å². The van der Waals surface area contributed by atoms with Crippen molar-refractivity contribution in [2.24, 2.45) is 5.92 Å². The van der Waals surface area contributed by atoms with E-state index in [-0.39, 0.29) is 31.4 Å². The molecule has 0 aliphatic carbocycles. The average molecular weight is 513 g/mol. The number of aliphatic hydroxyl groups excluding tert-OH is 1. The number of fused-ring (bicyclic) bond motifs is 2. The molecule has 1 spiro atoms. The summed E-state index contributed by atoms with van der Waals surface area (Å²) < 4.78 is 27.2. The van der Waals surface area contributed by atoms with Crippen molar-refractivity contribution in [3.63, 3.8) is 0 Å². The third-order valence-electron chi connectivity index (χ3n) is 7.30. The Kier molecular flexibility index (Phi) is 7.09. The standard InChI is InChI=1S/C27H33FN2O5Si/c1-6-14-30-22-12-9-19(29-25(32)18-7-10-20(34-3)11-8-18)16-21(22)27(26(30)33)17(2)24(36(4,5)28)23(35-27)13-15-31/h6-12,16-17,23-24,31H,1,13-15H2,2-5H3,(H,29,32)/t17-,23+,24-,27+/m1/s1. The van der Waals surface area contributed by atoms with E-state index in [2.05, 4.69) is 11.9 Å². The van der Waals surface area contributed by atoms with Crippen LogP contribution in [-0.2, 0) is 15.1 Å². The predicted molar refractivity (Wildman–Crippen MR) is 140 cm³/mol. The Hall–Kier alpha value is -3.01. The van der Waals surface area contributed by atoms with Crippen molar-refractivity contribution in [3.05, 3.63) is 66.2 Å². The Morgan fingerprint density at radius 3 is 2.58 bits per heavy atom. The van der Waals surface area contributed by atoms with E-state index >= 15 is 4.11 Å². The number of nitrogens with zero attached hydrogens (tertiary/aromatic N) is 1. The molecule has 0 aromatic heterocycles. The van der Waals surface area contributed by atoms with Crippen LogP contribution in [0.5, 0.6) is 5.75 Å². The second-order valence-electron chi connectivity index (χ2n) is 9.90. The molecule has 0 radical (unpaired) electrons. The molecule has 0 bridgehead atoms. The first-order valence-corrected chi connectivity index (χ1v) is 15.0. The lowest BCUT2D eigenvalue weighted by Crippen LogP contribution is -2.45. The van der Waals surface area contributed by atoms with E-state index < -0.39 is 31.6 Å². The molecule has 4 atom stereocenters.